The molecule has 2 aromatic rings. The van der Waals surface area contributed by atoms with E-state index in [-0.39, 0.29) is 24.3 Å². The minimum atomic E-state index is -0.760. The third-order valence-electron chi connectivity index (χ3n) is 4.30. The molecule has 0 aromatic carbocycles. The van der Waals surface area contributed by atoms with E-state index in [0.29, 0.717) is 25.0 Å². The van der Waals surface area contributed by atoms with Crippen LogP contribution < -0.4 is 5.56 Å². The van der Waals surface area contributed by atoms with Crippen LogP contribution in [-0.4, -0.2) is 59.8 Å². The van der Waals surface area contributed by atoms with Crippen LogP contribution in [0.2, 0.25) is 0 Å². The number of rotatable bonds is 7. The highest BCUT2D eigenvalue weighted by molar-refractivity contribution is 5.69. The number of aryl methyl sites for hydroxylation is 1. The molecule has 24 heavy (non-hydrogen) atoms. The SMILES string of the molecule is O=c1c2ncn([C@H]3C[C@H](O)[C@@H](CO)O3)c2ncn1CCCCCO. The predicted octanol–water partition coefficient (Wildman–Crippen LogP) is -0.604. The number of imidazole rings is 1. The number of aromatic nitrogens is 4. The Kier molecular flexibility index (Phi) is 5.24. The van der Waals surface area contributed by atoms with Crippen LogP contribution in [-0.2, 0) is 11.3 Å². The summed E-state index contributed by atoms with van der Waals surface area (Å²) >= 11 is 0. The maximum Gasteiger partial charge on any atom is 0.281 e. The molecule has 0 radical (unpaired) electrons. The van der Waals surface area contributed by atoms with Gasteiger partial charge in [0.1, 0.15) is 18.7 Å². The van der Waals surface area contributed by atoms with Gasteiger partial charge < -0.3 is 20.1 Å². The van der Waals surface area contributed by atoms with Crippen molar-refractivity contribution >= 4 is 11.2 Å². The summed E-state index contributed by atoms with van der Waals surface area (Å²) in [6.07, 6.45) is 3.70. The van der Waals surface area contributed by atoms with Gasteiger partial charge in [-0.2, -0.15) is 0 Å². The average Bonchev–Trinajstić information content (AvgIpc) is 3.17. The smallest absolute Gasteiger partial charge is 0.281 e. The molecule has 132 valence electrons. The van der Waals surface area contributed by atoms with Crippen LogP contribution in [0.15, 0.2) is 17.4 Å². The van der Waals surface area contributed by atoms with Gasteiger partial charge in [-0.05, 0) is 19.3 Å². The number of hydrogen-bond acceptors (Lipinski definition) is 7. The molecule has 0 amide bonds. The van der Waals surface area contributed by atoms with E-state index in [0.717, 1.165) is 12.8 Å². The van der Waals surface area contributed by atoms with Gasteiger partial charge in [0.05, 0.1) is 19.0 Å². The van der Waals surface area contributed by atoms with Crippen molar-refractivity contribution < 1.29 is 20.1 Å². The lowest BCUT2D eigenvalue weighted by Gasteiger charge is -2.13. The third kappa shape index (κ3) is 3.20. The maximum atomic E-state index is 12.5. The fraction of sp³-hybridized carbons (Fsp3) is 0.667. The van der Waals surface area contributed by atoms with Crippen LogP contribution in [0, 0.1) is 0 Å². The van der Waals surface area contributed by atoms with Gasteiger partial charge in [-0.25, -0.2) is 9.97 Å². The fourth-order valence-corrected chi connectivity index (χ4v) is 2.94. The van der Waals surface area contributed by atoms with E-state index in [1.54, 1.807) is 4.57 Å². The summed E-state index contributed by atoms with van der Waals surface area (Å²) < 4.78 is 8.72. The van der Waals surface area contributed by atoms with Crippen LogP contribution >= 0.6 is 0 Å². The van der Waals surface area contributed by atoms with Gasteiger partial charge in [-0.15, -0.1) is 0 Å². The third-order valence-corrected chi connectivity index (χ3v) is 4.30. The topological polar surface area (TPSA) is 123 Å². The van der Waals surface area contributed by atoms with E-state index in [4.69, 9.17) is 9.84 Å². The molecule has 1 aliphatic rings. The van der Waals surface area contributed by atoms with Gasteiger partial charge in [0, 0.05) is 19.6 Å². The molecule has 3 rings (SSSR count). The van der Waals surface area contributed by atoms with Crippen molar-refractivity contribution in [3.63, 3.8) is 0 Å². The van der Waals surface area contributed by atoms with E-state index in [1.807, 2.05) is 0 Å². The zero-order valence-corrected chi connectivity index (χ0v) is 13.3. The summed E-state index contributed by atoms with van der Waals surface area (Å²) in [5.74, 6) is 0. The second-order valence-corrected chi connectivity index (χ2v) is 5.97. The Balaban J connectivity index is 1.81. The molecule has 0 spiro atoms. The van der Waals surface area contributed by atoms with Gasteiger partial charge in [-0.3, -0.25) is 13.9 Å². The number of hydrogen-bond donors (Lipinski definition) is 3. The Hall–Kier alpha value is -1.81. The van der Waals surface area contributed by atoms with E-state index in [9.17, 15) is 15.0 Å². The monoisotopic (exact) mass is 338 g/mol. The normalized spacial score (nSPS) is 24.0. The molecule has 0 unspecified atom stereocenters. The molecule has 0 saturated carbocycles. The summed E-state index contributed by atoms with van der Waals surface area (Å²) in [5.41, 5.74) is 0.438. The molecule has 9 nitrogen and oxygen atoms in total. The molecule has 0 aliphatic carbocycles. The Labute approximate surface area is 138 Å². The first-order chi connectivity index (χ1) is 11.7. The van der Waals surface area contributed by atoms with Crippen molar-refractivity contribution in [1.29, 1.82) is 0 Å². The zero-order valence-electron chi connectivity index (χ0n) is 13.3. The maximum absolute atomic E-state index is 12.5. The van der Waals surface area contributed by atoms with Crippen LogP contribution in [0.3, 0.4) is 0 Å². The minimum absolute atomic E-state index is 0.151. The number of ether oxygens (including phenoxy) is 1. The molecule has 3 heterocycles. The molecular formula is C15H22N4O5. The molecule has 1 saturated heterocycles. The molecule has 0 bridgehead atoms. The molecular weight excluding hydrogens is 316 g/mol. The van der Waals surface area contributed by atoms with Crippen LogP contribution in [0.25, 0.3) is 11.2 Å². The first-order valence-corrected chi connectivity index (χ1v) is 8.13. The molecule has 2 aromatic heterocycles. The molecule has 3 N–H and O–H groups in total. The highest BCUT2D eigenvalue weighted by Gasteiger charge is 2.35. The van der Waals surface area contributed by atoms with Crippen molar-refractivity contribution in [2.24, 2.45) is 0 Å². The lowest BCUT2D eigenvalue weighted by atomic mass is 10.2. The second-order valence-electron chi connectivity index (χ2n) is 5.97. The van der Waals surface area contributed by atoms with E-state index < -0.39 is 18.4 Å². The Morgan fingerprint density at radius 2 is 2.04 bits per heavy atom. The molecule has 1 aliphatic heterocycles. The average molecular weight is 338 g/mol. The molecule has 9 heteroatoms. The number of aliphatic hydroxyl groups excluding tert-OH is 3. The summed E-state index contributed by atoms with van der Waals surface area (Å²) in [4.78, 5) is 20.9. The fourth-order valence-electron chi connectivity index (χ4n) is 2.94. The Bertz CT molecular complexity index is 743. The summed E-state index contributed by atoms with van der Waals surface area (Å²) in [5, 5.41) is 27.8. The number of unbranched alkanes of at least 4 members (excludes halogenated alkanes) is 2. The lowest BCUT2D eigenvalue weighted by Crippen LogP contribution is -2.24. The number of aliphatic hydroxyl groups is 3. The van der Waals surface area contributed by atoms with Crippen LogP contribution in [0.1, 0.15) is 31.9 Å². The second kappa shape index (κ2) is 7.39. The highest BCUT2D eigenvalue weighted by Crippen LogP contribution is 2.29. The van der Waals surface area contributed by atoms with E-state index in [1.165, 1.54) is 17.2 Å². The minimum Gasteiger partial charge on any atom is -0.396 e. The van der Waals surface area contributed by atoms with Crippen molar-refractivity contribution in [2.45, 2.75) is 50.7 Å². The highest BCUT2D eigenvalue weighted by atomic mass is 16.5. The standard InChI is InChI=1S/C15H22N4O5/c20-5-3-1-2-4-18-8-17-14-13(15(18)23)16-9-19(14)12-6-10(22)11(7-21)24-12/h8-12,20-22H,1-7H2/t10-,11+,12+/m0/s1. The van der Waals surface area contributed by atoms with Crippen LogP contribution in [0.5, 0.6) is 0 Å². The Morgan fingerprint density at radius 3 is 2.75 bits per heavy atom. The van der Waals surface area contributed by atoms with E-state index in [2.05, 4.69) is 9.97 Å². The number of nitrogens with zero attached hydrogens (tertiary/aromatic N) is 4. The van der Waals surface area contributed by atoms with Crippen molar-refractivity contribution in [1.82, 2.24) is 19.1 Å². The van der Waals surface area contributed by atoms with Gasteiger partial charge >= 0.3 is 0 Å². The summed E-state index contributed by atoms with van der Waals surface area (Å²) in [7, 11) is 0. The Morgan fingerprint density at radius 1 is 1.21 bits per heavy atom. The van der Waals surface area contributed by atoms with Gasteiger partial charge in [-0.1, -0.05) is 0 Å². The quantitative estimate of drug-likeness (QED) is 0.576. The van der Waals surface area contributed by atoms with Crippen molar-refractivity contribution in [3.05, 3.63) is 23.0 Å². The largest absolute Gasteiger partial charge is 0.396 e. The summed E-state index contributed by atoms with van der Waals surface area (Å²) in [6.45, 7) is 0.414. The predicted molar refractivity (Wildman–Crippen MR) is 84.3 cm³/mol. The van der Waals surface area contributed by atoms with Crippen molar-refractivity contribution in [2.75, 3.05) is 13.2 Å². The van der Waals surface area contributed by atoms with Gasteiger partial charge in [0.15, 0.2) is 11.2 Å². The van der Waals surface area contributed by atoms with Crippen LogP contribution in [0.4, 0.5) is 0 Å². The van der Waals surface area contributed by atoms with Crippen molar-refractivity contribution in [3.8, 4) is 0 Å². The lowest BCUT2D eigenvalue weighted by molar-refractivity contribution is -0.0432. The number of fused-ring (bicyclic) bond motifs is 1. The first kappa shape index (κ1) is 17.0. The van der Waals surface area contributed by atoms with Gasteiger partial charge in [0.25, 0.3) is 5.56 Å². The molecule has 3 atom stereocenters. The molecule has 1 fully saturated rings. The summed E-state index contributed by atoms with van der Waals surface area (Å²) in [6, 6.07) is 0. The zero-order chi connectivity index (χ0) is 17.1. The van der Waals surface area contributed by atoms with E-state index >= 15 is 0 Å². The first-order valence-electron chi connectivity index (χ1n) is 8.13. The van der Waals surface area contributed by atoms with Gasteiger partial charge in [0.2, 0.25) is 0 Å².